The summed E-state index contributed by atoms with van der Waals surface area (Å²) in [5.74, 6) is 0.952. The second-order valence-corrected chi connectivity index (χ2v) is 4.90. The van der Waals surface area contributed by atoms with Crippen LogP contribution in [0.25, 0.3) is 5.65 Å². The molecule has 0 amide bonds. The summed E-state index contributed by atoms with van der Waals surface area (Å²) in [5.41, 5.74) is 2.23. The second-order valence-electron chi connectivity index (χ2n) is 4.90. The van der Waals surface area contributed by atoms with Crippen molar-refractivity contribution in [3.63, 3.8) is 0 Å². The van der Waals surface area contributed by atoms with E-state index in [0.717, 1.165) is 24.4 Å². The molecule has 0 saturated carbocycles. The van der Waals surface area contributed by atoms with Gasteiger partial charge in [0.15, 0.2) is 11.5 Å². The maximum atomic E-state index is 4.27. The zero-order valence-corrected chi connectivity index (χ0v) is 11.5. The van der Waals surface area contributed by atoms with Crippen molar-refractivity contribution >= 4 is 5.65 Å². The smallest absolute Gasteiger partial charge is 0.160 e. The molecule has 3 aromatic rings. The number of hydrogen-bond donors (Lipinski definition) is 1. The van der Waals surface area contributed by atoms with Crippen LogP contribution in [0.15, 0.2) is 54.7 Å². The Hall–Kier alpha value is -2.20. The van der Waals surface area contributed by atoms with E-state index >= 15 is 0 Å². The summed E-state index contributed by atoms with van der Waals surface area (Å²) in [6.45, 7) is 3.04. The predicted molar refractivity (Wildman–Crippen MR) is 79.6 cm³/mol. The maximum absolute atomic E-state index is 4.27. The standard InChI is InChI=1S/C16H18N4/c1-13(17-11-10-14-7-3-2-4-8-14)16-19-18-15-9-5-6-12-20(15)16/h2-9,12-13,17H,10-11H2,1H3. The van der Waals surface area contributed by atoms with E-state index in [-0.39, 0.29) is 6.04 Å². The molecule has 0 radical (unpaired) electrons. The number of pyridine rings is 1. The van der Waals surface area contributed by atoms with Gasteiger partial charge in [-0.05, 0) is 37.6 Å². The van der Waals surface area contributed by atoms with Gasteiger partial charge in [-0.2, -0.15) is 0 Å². The van der Waals surface area contributed by atoms with E-state index in [1.54, 1.807) is 0 Å². The first kappa shape index (κ1) is 12.8. The predicted octanol–water partition coefficient (Wildman–Crippen LogP) is 2.62. The Morgan fingerprint density at radius 3 is 2.70 bits per heavy atom. The van der Waals surface area contributed by atoms with Crippen molar-refractivity contribution in [3.8, 4) is 0 Å². The fraction of sp³-hybridized carbons (Fsp3) is 0.250. The Bertz CT molecular complexity index is 675. The highest BCUT2D eigenvalue weighted by atomic mass is 15.3. The summed E-state index contributed by atoms with van der Waals surface area (Å²) in [4.78, 5) is 0. The Morgan fingerprint density at radius 2 is 1.85 bits per heavy atom. The first-order chi connectivity index (χ1) is 9.84. The molecule has 1 aromatic carbocycles. The minimum Gasteiger partial charge on any atom is -0.307 e. The summed E-state index contributed by atoms with van der Waals surface area (Å²) in [7, 11) is 0. The Labute approximate surface area is 118 Å². The molecule has 2 aromatic heterocycles. The highest BCUT2D eigenvalue weighted by Crippen LogP contribution is 2.11. The van der Waals surface area contributed by atoms with Crippen molar-refractivity contribution < 1.29 is 0 Å². The van der Waals surface area contributed by atoms with Gasteiger partial charge in [-0.3, -0.25) is 4.40 Å². The molecule has 0 spiro atoms. The lowest BCUT2D eigenvalue weighted by molar-refractivity contribution is 0.544. The summed E-state index contributed by atoms with van der Waals surface area (Å²) in [6.07, 6.45) is 3.02. The third-order valence-electron chi connectivity index (χ3n) is 3.43. The van der Waals surface area contributed by atoms with Crippen LogP contribution >= 0.6 is 0 Å². The first-order valence-electron chi connectivity index (χ1n) is 6.91. The first-order valence-corrected chi connectivity index (χ1v) is 6.91. The lowest BCUT2D eigenvalue weighted by Crippen LogP contribution is -2.23. The van der Waals surface area contributed by atoms with Crippen molar-refractivity contribution in [2.45, 2.75) is 19.4 Å². The molecular weight excluding hydrogens is 248 g/mol. The molecule has 1 atom stereocenters. The Morgan fingerprint density at radius 1 is 1.05 bits per heavy atom. The van der Waals surface area contributed by atoms with E-state index in [1.807, 2.05) is 34.9 Å². The molecule has 2 heterocycles. The monoisotopic (exact) mass is 266 g/mol. The zero-order chi connectivity index (χ0) is 13.8. The number of fused-ring (bicyclic) bond motifs is 1. The third-order valence-corrected chi connectivity index (χ3v) is 3.43. The van der Waals surface area contributed by atoms with Crippen LogP contribution in [0.4, 0.5) is 0 Å². The molecule has 0 fully saturated rings. The molecule has 0 aliphatic heterocycles. The SMILES string of the molecule is CC(NCCc1ccccc1)c1nnc2ccccn12. The fourth-order valence-electron chi connectivity index (χ4n) is 2.32. The largest absolute Gasteiger partial charge is 0.307 e. The summed E-state index contributed by atoms with van der Waals surface area (Å²) in [5, 5.41) is 12.0. The van der Waals surface area contributed by atoms with E-state index in [4.69, 9.17) is 0 Å². The number of rotatable bonds is 5. The van der Waals surface area contributed by atoms with Crippen LogP contribution in [-0.4, -0.2) is 21.1 Å². The van der Waals surface area contributed by atoms with Gasteiger partial charge in [-0.1, -0.05) is 36.4 Å². The van der Waals surface area contributed by atoms with Crippen LogP contribution in [0.5, 0.6) is 0 Å². The summed E-state index contributed by atoms with van der Waals surface area (Å²) in [6, 6.07) is 16.6. The quantitative estimate of drug-likeness (QED) is 0.772. The van der Waals surface area contributed by atoms with E-state index in [2.05, 4.69) is 46.7 Å². The van der Waals surface area contributed by atoms with Crippen LogP contribution in [0.2, 0.25) is 0 Å². The maximum Gasteiger partial charge on any atom is 0.160 e. The van der Waals surface area contributed by atoms with Crippen molar-refractivity contribution in [3.05, 3.63) is 66.1 Å². The third kappa shape index (κ3) is 2.70. The molecule has 0 bridgehead atoms. The Kier molecular flexibility index (Phi) is 3.74. The molecule has 1 N–H and O–H groups in total. The summed E-state index contributed by atoms with van der Waals surface area (Å²) >= 11 is 0. The molecule has 4 heteroatoms. The molecule has 3 rings (SSSR count). The number of nitrogens with one attached hydrogen (secondary N) is 1. The molecule has 0 aliphatic carbocycles. The molecular formula is C16H18N4. The molecule has 1 unspecified atom stereocenters. The van der Waals surface area contributed by atoms with Gasteiger partial charge < -0.3 is 5.32 Å². The van der Waals surface area contributed by atoms with Gasteiger partial charge in [0.05, 0.1) is 6.04 Å². The lowest BCUT2D eigenvalue weighted by Gasteiger charge is -2.12. The topological polar surface area (TPSA) is 42.2 Å². The van der Waals surface area contributed by atoms with Gasteiger partial charge >= 0.3 is 0 Å². The van der Waals surface area contributed by atoms with Gasteiger partial charge in [-0.25, -0.2) is 0 Å². The number of aromatic nitrogens is 3. The summed E-state index contributed by atoms with van der Waals surface area (Å²) < 4.78 is 2.03. The van der Waals surface area contributed by atoms with Crippen LogP contribution < -0.4 is 5.32 Å². The Balaban J connectivity index is 1.63. The molecule has 102 valence electrons. The minimum atomic E-state index is 0.177. The second kappa shape index (κ2) is 5.84. The van der Waals surface area contributed by atoms with Crippen molar-refractivity contribution in [1.82, 2.24) is 19.9 Å². The van der Waals surface area contributed by atoms with Gasteiger partial charge in [0.25, 0.3) is 0 Å². The van der Waals surface area contributed by atoms with E-state index in [9.17, 15) is 0 Å². The van der Waals surface area contributed by atoms with Crippen LogP contribution in [0, 0.1) is 0 Å². The van der Waals surface area contributed by atoms with Gasteiger partial charge in [0.1, 0.15) is 0 Å². The van der Waals surface area contributed by atoms with E-state index < -0.39 is 0 Å². The van der Waals surface area contributed by atoms with Gasteiger partial charge in [-0.15, -0.1) is 10.2 Å². The molecule has 0 saturated heterocycles. The molecule has 20 heavy (non-hydrogen) atoms. The van der Waals surface area contributed by atoms with Crippen molar-refractivity contribution in [2.75, 3.05) is 6.54 Å². The fourth-order valence-corrected chi connectivity index (χ4v) is 2.32. The van der Waals surface area contributed by atoms with Crippen molar-refractivity contribution in [1.29, 1.82) is 0 Å². The van der Waals surface area contributed by atoms with Crippen LogP contribution in [-0.2, 0) is 6.42 Å². The lowest BCUT2D eigenvalue weighted by atomic mass is 10.1. The highest BCUT2D eigenvalue weighted by Gasteiger charge is 2.11. The minimum absolute atomic E-state index is 0.177. The number of benzene rings is 1. The number of hydrogen-bond acceptors (Lipinski definition) is 3. The highest BCUT2D eigenvalue weighted by molar-refractivity contribution is 5.37. The van der Waals surface area contributed by atoms with Crippen molar-refractivity contribution in [2.24, 2.45) is 0 Å². The normalized spacial score (nSPS) is 12.7. The average Bonchev–Trinajstić information content (AvgIpc) is 2.92. The number of nitrogens with zero attached hydrogens (tertiary/aromatic N) is 3. The van der Waals surface area contributed by atoms with Gasteiger partial charge in [0.2, 0.25) is 0 Å². The van der Waals surface area contributed by atoms with Gasteiger partial charge in [0, 0.05) is 6.20 Å². The average molecular weight is 266 g/mol. The van der Waals surface area contributed by atoms with Crippen LogP contribution in [0.3, 0.4) is 0 Å². The zero-order valence-electron chi connectivity index (χ0n) is 11.5. The van der Waals surface area contributed by atoms with E-state index in [0.29, 0.717) is 0 Å². The molecule has 4 nitrogen and oxygen atoms in total. The molecule has 0 aliphatic rings. The van der Waals surface area contributed by atoms with Crippen LogP contribution in [0.1, 0.15) is 24.4 Å². The van der Waals surface area contributed by atoms with E-state index in [1.165, 1.54) is 5.56 Å².